The second-order valence-corrected chi connectivity index (χ2v) is 7.41. The quantitative estimate of drug-likeness (QED) is 0.519. The van der Waals surface area contributed by atoms with E-state index in [4.69, 9.17) is 0 Å². The van der Waals surface area contributed by atoms with E-state index in [0.29, 0.717) is 17.2 Å². The lowest BCUT2D eigenvalue weighted by atomic mass is 10.1. The molecular weight excluding hydrogens is 409 g/mol. The lowest BCUT2D eigenvalue weighted by Crippen LogP contribution is -2.13. The summed E-state index contributed by atoms with van der Waals surface area (Å²) < 4.78 is 15.9. The number of thiazole rings is 1. The standard InChI is InChI=1S/C19H16FN7O2S/c1-9-6-10(2)27-18(21-9)24-16(26-27)17(29)25-19-23-15(8-30-19)13-5-4-12(7-14(13)20)22-11(3)28/h4-8H,1-3H3,(H,22,28)(H,23,25,29). The Hall–Kier alpha value is -3.73. The summed E-state index contributed by atoms with van der Waals surface area (Å²) in [6.07, 6.45) is 0. The van der Waals surface area contributed by atoms with Crippen molar-refractivity contribution in [3.8, 4) is 11.3 Å². The van der Waals surface area contributed by atoms with E-state index in [0.717, 1.165) is 22.7 Å². The Balaban J connectivity index is 1.54. The molecule has 9 nitrogen and oxygen atoms in total. The maximum absolute atomic E-state index is 14.4. The molecule has 1 aromatic carbocycles. The number of carbonyl (C=O) groups excluding carboxylic acids is 2. The van der Waals surface area contributed by atoms with Crippen molar-refractivity contribution in [2.75, 3.05) is 10.6 Å². The van der Waals surface area contributed by atoms with E-state index in [1.807, 2.05) is 19.9 Å². The second-order valence-electron chi connectivity index (χ2n) is 6.55. The number of rotatable bonds is 4. The minimum atomic E-state index is -0.542. The average molecular weight is 425 g/mol. The summed E-state index contributed by atoms with van der Waals surface area (Å²) >= 11 is 1.15. The molecule has 2 N–H and O–H groups in total. The van der Waals surface area contributed by atoms with Gasteiger partial charge in [-0.05, 0) is 38.1 Å². The van der Waals surface area contributed by atoms with Gasteiger partial charge in [-0.3, -0.25) is 14.9 Å². The van der Waals surface area contributed by atoms with Gasteiger partial charge in [-0.15, -0.1) is 16.4 Å². The van der Waals surface area contributed by atoms with Crippen LogP contribution >= 0.6 is 11.3 Å². The number of carbonyl (C=O) groups is 2. The van der Waals surface area contributed by atoms with Crippen LogP contribution in [0.4, 0.5) is 15.2 Å². The summed E-state index contributed by atoms with van der Waals surface area (Å²) in [5.74, 6) is -1.08. The highest BCUT2D eigenvalue weighted by atomic mass is 32.1. The van der Waals surface area contributed by atoms with Crippen LogP contribution in [0.1, 0.15) is 28.9 Å². The molecule has 4 rings (SSSR count). The van der Waals surface area contributed by atoms with Crippen LogP contribution in [-0.2, 0) is 4.79 Å². The Morgan fingerprint density at radius 2 is 1.90 bits per heavy atom. The van der Waals surface area contributed by atoms with Crippen molar-refractivity contribution in [2.45, 2.75) is 20.8 Å². The molecule has 4 aromatic rings. The van der Waals surface area contributed by atoms with Crippen LogP contribution in [0, 0.1) is 19.7 Å². The molecule has 152 valence electrons. The van der Waals surface area contributed by atoms with Crippen LogP contribution in [0.25, 0.3) is 17.0 Å². The predicted octanol–water partition coefficient (Wildman–Crippen LogP) is 3.21. The number of anilines is 2. The number of hydrogen-bond acceptors (Lipinski definition) is 7. The van der Waals surface area contributed by atoms with Gasteiger partial charge in [0.25, 0.3) is 11.7 Å². The van der Waals surface area contributed by atoms with E-state index in [1.165, 1.54) is 23.6 Å². The third kappa shape index (κ3) is 3.87. The van der Waals surface area contributed by atoms with E-state index in [-0.39, 0.29) is 22.4 Å². The molecule has 0 fully saturated rings. The summed E-state index contributed by atoms with van der Waals surface area (Å²) in [7, 11) is 0. The van der Waals surface area contributed by atoms with Crippen LogP contribution in [0.3, 0.4) is 0 Å². The van der Waals surface area contributed by atoms with Crippen molar-refractivity contribution < 1.29 is 14.0 Å². The number of hydrogen-bond donors (Lipinski definition) is 2. The Morgan fingerprint density at radius 1 is 1.10 bits per heavy atom. The molecule has 2 amide bonds. The van der Waals surface area contributed by atoms with Crippen molar-refractivity contribution >= 4 is 39.7 Å². The topological polar surface area (TPSA) is 114 Å². The molecular formula is C19H16FN7O2S. The third-order valence-electron chi connectivity index (χ3n) is 4.11. The molecule has 0 unspecified atom stereocenters. The van der Waals surface area contributed by atoms with Gasteiger partial charge in [0, 0.05) is 34.9 Å². The Morgan fingerprint density at radius 3 is 2.63 bits per heavy atom. The zero-order valence-electron chi connectivity index (χ0n) is 16.2. The van der Waals surface area contributed by atoms with Crippen molar-refractivity contribution in [2.24, 2.45) is 0 Å². The SMILES string of the molecule is CC(=O)Nc1ccc(-c2csc(NC(=O)c3nc4nc(C)cc(C)n4n3)n2)c(F)c1. The number of amides is 2. The normalized spacial score (nSPS) is 10.9. The van der Waals surface area contributed by atoms with Crippen LogP contribution in [0.15, 0.2) is 29.6 Å². The van der Waals surface area contributed by atoms with Gasteiger partial charge >= 0.3 is 0 Å². The maximum atomic E-state index is 14.4. The van der Waals surface area contributed by atoms with Gasteiger partial charge in [-0.2, -0.15) is 4.98 Å². The van der Waals surface area contributed by atoms with Crippen LogP contribution in [0.5, 0.6) is 0 Å². The molecule has 0 saturated heterocycles. The molecule has 3 aromatic heterocycles. The molecule has 0 radical (unpaired) electrons. The predicted molar refractivity (Wildman–Crippen MR) is 110 cm³/mol. The highest BCUT2D eigenvalue weighted by molar-refractivity contribution is 7.14. The lowest BCUT2D eigenvalue weighted by Gasteiger charge is -2.04. The lowest BCUT2D eigenvalue weighted by molar-refractivity contribution is -0.114. The molecule has 0 atom stereocenters. The first-order chi connectivity index (χ1) is 14.3. The summed E-state index contributed by atoms with van der Waals surface area (Å²) in [4.78, 5) is 36.3. The third-order valence-corrected chi connectivity index (χ3v) is 4.87. The molecule has 0 aliphatic rings. The Bertz CT molecular complexity index is 1300. The largest absolute Gasteiger partial charge is 0.326 e. The van der Waals surface area contributed by atoms with E-state index in [2.05, 4.69) is 30.7 Å². The smallest absolute Gasteiger partial charge is 0.297 e. The zero-order chi connectivity index (χ0) is 21.4. The number of aromatic nitrogens is 5. The number of halogens is 1. The van der Waals surface area contributed by atoms with E-state index < -0.39 is 11.7 Å². The molecule has 0 bridgehead atoms. The van der Waals surface area contributed by atoms with Gasteiger partial charge in [0.05, 0.1) is 5.69 Å². The Kier molecular flexibility index (Phi) is 4.96. The minimum absolute atomic E-state index is 0.0428. The molecule has 0 spiro atoms. The van der Waals surface area contributed by atoms with Crippen molar-refractivity contribution in [3.05, 3.63) is 52.7 Å². The van der Waals surface area contributed by atoms with Crippen LogP contribution < -0.4 is 10.6 Å². The summed E-state index contributed by atoms with van der Waals surface area (Å²) in [5.41, 5.74) is 2.54. The van der Waals surface area contributed by atoms with Crippen molar-refractivity contribution in [3.63, 3.8) is 0 Å². The zero-order valence-corrected chi connectivity index (χ0v) is 17.0. The van der Waals surface area contributed by atoms with Gasteiger partial charge in [-0.25, -0.2) is 18.9 Å². The average Bonchev–Trinajstić information content (AvgIpc) is 3.28. The molecule has 11 heteroatoms. The fourth-order valence-electron chi connectivity index (χ4n) is 2.87. The number of aryl methyl sites for hydroxylation is 2. The van der Waals surface area contributed by atoms with E-state index in [9.17, 15) is 14.0 Å². The number of benzene rings is 1. The highest BCUT2D eigenvalue weighted by Gasteiger charge is 2.17. The van der Waals surface area contributed by atoms with Crippen molar-refractivity contribution in [1.29, 1.82) is 0 Å². The van der Waals surface area contributed by atoms with E-state index >= 15 is 0 Å². The number of fused-ring (bicyclic) bond motifs is 1. The maximum Gasteiger partial charge on any atom is 0.297 e. The molecule has 3 heterocycles. The molecule has 0 saturated carbocycles. The van der Waals surface area contributed by atoms with Gasteiger partial charge in [0.2, 0.25) is 11.7 Å². The molecule has 0 aliphatic heterocycles. The molecule has 30 heavy (non-hydrogen) atoms. The van der Waals surface area contributed by atoms with E-state index in [1.54, 1.807) is 11.4 Å². The number of nitrogens with zero attached hydrogens (tertiary/aromatic N) is 5. The van der Waals surface area contributed by atoms with Crippen molar-refractivity contribution in [1.82, 2.24) is 24.6 Å². The first kappa shape index (κ1) is 19.6. The molecule has 0 aliphatic carbocycles. The monoisotopic (exact) mass is 425 g/mol. The summed E-state index contributed by atoms with van der Waals surface area (Å²) in [5, 5.41) is 11.2. The highest BCUT2D eigenvalue weighted by Crippen LogP contribution is 2.28. The van der Waals surface area contributed by atoms with Gasteiger partial charge in [0.15, 0.2) is 5.13 Å². The first-order valence-corrected chi connectivity index (χ1v) is 9.73. The first-order valence-electron chi connectivity index (χ1n) is 8.85. The Labute approximate surface area is 174 Å². The summed E-state index contributed by atoms with van der Waals surface area (Å²) in [6.45, 7) is 5.02. The minimum Gasteiger partial charge on any atom is -0.326 e. The van der Waals surface area contributed by atoms with Crippen LogP contribution in [-0.4, -0.2) is 36.4 Å². The fourth-order valence-corrected chi connectivity index (χ4v) is 3.58. The summed E-state index contributed by atoms with van der Waals surface area (Å²) in [6, 6.07) is 6.14. The van der Waals surface area contributed by atoms with Gasteiger partial charge in [0.1, 0.15) is 5.82 Å². The fraction of sp³-hybridized carbons (Fsp3) is 0.158. The van der Waals surface area contributed by atoms with Gasteiger partial charge < -0.3 is 5.32 Å². The van der Waals surface area contributed by atoms with Crippen LogP contribution in [0.2, 0.25) is 0 Å². The van der Waals surface area contributed by atoms with Gasteiger partial charge in [-0.1, -0.05) is 0 Å². The second kappa shape index (κ2) is 7.59. The number of nitrogens with one attached hydrogen (secondary N) is 2.